The van der Waals surface area contributed by atoms with Crippen LogP contribution in [0.4, 0.5) is 0 Å². The van der Waals surface area contributed by atoms with Gasteiger partial charge >= 0.3 is 0 Å². The number of rotatable bonds is 5. The highest BCUT2D eigenvalue weighted by molar-refractivity contribution is 6.30. The van der Waals surface area contributed by atoms with E-state index >= 15 is 0 Å². The number of hydrogen-bond donors (Lipinski definition) is 0. The van der Waals surface area contributed by atoms with Gasteiger partial charge < -0.3 is 14.2 Å². The molecule has 0 N–H and O–H groups in total. The molecule has 0 radical (unpaired) electrons. The molecular weight excluding hydrogens is 354 g/mol. The Morgan fingerprint density at radius 1 is 1.15 bits per heavy atom. The van der Waals surface area contributed by atoms with Crippen LogP contribution in [-0.2, 0) is 17.9 Å². The maximum Gasteiger partial charge on any atom is 0.250 e. The Bertz CT molecular complexity index is 829. The molecule has 6 nitrogen and oxygen atoms in total. The Morgan fingerprint density at radius 2 is 1.92 bits per heavy atom. The number of pyridine rings is 1. The van der Waals surface area contributed by atoms with Gasteiger partial charge in [0.1, 0.15) is 12.3 Å². The van der Waals surface area contributed by atoms with E-state index in [1.54, 1.807) is 25.4 Å². The molecule has 1 fully saturated rings. The zero-order valence-corrected chi connectivity index (χ0v) is 15.5. The summed E-state index contributed by atoms with van der Waals surface area (Å²) >= 11 is 6.09. The maximum absolute atomic E-state index is 12.4. The van der Waals surface area contributed by atoms with Crippen molar-refractivity contribution >= 4 is 17.5 Å². The molecule has 0 bridgehead atoms. The van der Waals surface area contributed by atoms with Crippen LogP contribution in [0.2, 0.25) is 5.02 Å². The molecule has 0 aliphatic carbocycles. The van der Waals surface area contributed by atoms with E-state index in [-0.39, 0.29) is 18.0 Å². The topological polar surface area (TPSA) is 54.8 Å². The molecule has 1 amide bonds. The van der Waals surface area contributed by atoms with Crippen molar-refractivity contribution in [1.82, 2.24) is 14.4 Å². The summed E-state index contributed by atoms with van der Waals surface area (Å²) in [4.78, 5) is 28.3. The van der Waals surface area contributed by atoms with E-state index in [2.05, 4.69) is 4.90 Å². The average Bonchev–Trinajstić information content (AvgIpc) is 2.64. The third-order valence-electron chi connectivity index (χ3n) is 4.57. The standard InChI is InChI=1S/C19H22ClN3O3/c1-26-17-6-5-16(20)12-15(17)13-21-8-10-22(11-9-21)19(25)14-23-7-3-2-4-18(23)24/h2-7,12H,8-11,13-14H2,1H3. The number of carbonyl (C=O) groups is 1. The second kappa shape index (κ2) is 8.38. The van der Waals surface area contributed by atoms with Gasteiger partial charge in [-0.15, -0.1) is 0 Å². The molecule has 1 aliphatic heterocycles. The molecule has 0 unspecified atom stereocenters. The van der Waals surface area contributed by atoms with Gasteiger partial charge in [-0.1, -0.05) is 17.7 Å². The van der Waals surface area contributed by atoms with Crippen molar-refractivity contribution in [3.8, 4) is 5.75 Å². The molecular formula is C19H22ClN3O3. The first-order valence-electron chi connectivity index (χ1n) is 8.55. The lowest BCUT2D eigenvalue weighted by atomic mass is 10.1. The third-order valence-corrected chi connectivity index (χ3v) is 4.80. The molecule has 138 valence electrons. The lowest BCUT2D eigenvalue weighted by molar-refractivity contribution is -0.133. The molecule has 1 aromatic heterocycles. The molecule has 7 heteroatoms. The van der Waals surface area contributed by atoms with E-state index in [1.807, 2.05) is 23.1 Å². The number of aromatic nitrogens is 1. The first-order chi connectivity index (χ1) is 12.6. The van der Waals surface area contributed by atoms with Gasteiger partial charge in [0.15, 0.2) is 0 Å². The van der Waals surface area contributed by atoms with Gasteiger partial charge in [0.2, 0.25) is 5.91 Å². The van der Waals surface area contributed by atoms with Crippen molar-refractivity contribution in [2.75, 3.05) is 33.3 Å². The number of hydrogen-bond acceptors (Lipinski definition) is 4. The van der Waals surface area contributed by atoms with Gasteiger partial charge in [0.25, 0.3) is 5.56 Å². The minimum absolute atomic E-state index is 0.0294. The summed E-state index contributed by atoms with van der Waals surface area (Å²) in [6, 6.07) is 10.5. The molecule has 0 spiro atoms. The number of piperazine rings is 1. The van der Waals surface area contributed by atoms with Gasteiger partial charge in [0, 0.05) is 55.6 Å². The summed E-state index contributed by atoms with van der Waals surface area (Å²) in [5.74, 6) is 0.787. The van der Waals surface area contributed by atoms with E-state index in [9.17, 15) is 9.59 Å². The van der Waals surface area contributed by atoms with Crippen LogP contribution in [0.3, 0.4) is 0 Å². The molecule has 1 aromatic carbocycles. The van der Waals surface area contributed by atoms with E-state index in [0.717, 1.165) is 30.9 Å². The first kappa shape index (κ1) is 18.5. The number of halogens is 1. The predicted molar refractivity (Wildman–Crippen MR) is 101 cm³/mol. The van der Waals surface area contributed by atoms with Crippen LogP contribution < -0.4 is 10.3 Å². The smallest absolute Gasteiger partial charge is 0.250 e. The Balaban J connectivity index is 1.56. The minimum atomic E-state index is -0.160. The predicted octanol–water partition coefficient (Wildman–Crippen LogP) is 1.85. The number of amides is 1. The van der Waals surface area contributed by atoms with Crippen LogP contribution in [0.1, 0.15) is 5.56 Å². The number of carbonyl (C=O) groups excluding carboxylic acids is 1. The van der Waals surface area contributed by atoms with Crippen molar-refractivity contribution in [2.24, 2.45) is 0 Å². The van der Waals surface area contributed by atoms with Crippen molar-refractivity contribution in [2.45, 2.75) is 13.1 Å². The molecule has 0 atom stereocenters. The van der Waals surface area contributed by atoms with E-state index in [4.69, 9.17) is 16.3 Å². The Kier molecular flexibility index (Phi) is 5.96. The summed E-state index contributed by atoms with van der Waals surface area (Å²) in [5, 5.41) is 0.683. The zero-order chi connectivity index (χ0) is 18.5. The average molecular weight is 376 g/mol. The highest BCUT2D eigenvalue weighted by atomic mass is 35.5. The largest absolute Gasteiger partial charge is 0.496 e. The normalized spacial score (nSPS) is 15.1. The SMILES string of the molecule is COc1ccc(Cl)cc1CN1CCN(C(=O)Cn2ccccc2=O)CC1. The summed E-state index contributed by atoms with van der Waals surface area (Å²) in [5.41, 5.74) is 0.878. The Labute approximate surface area is 157 Å². The first-order valence-corrected chi connectivity index (χ1v) is 8.92. The van der Waals surface area contributed by atoms with Crippen LogP contribution in [0.25, 0.3) is 0 Å². The summed E-state index contributed by atoms with van der Waals surface area (Å²) in [6.45, 7) is 3.63. The van der Waals surface area contributed by atoms with Gasteiger partial charge in [-0.25, -0.2) is 0 Å². The van der Waals surface area contributed by atoms with Crippen LogP contribution in [0.15, 0.2) is 47.4 Å². The molecule has 1 saturated heterocycles. The maximum atomic E-state index is 12.4. The molecule has 2 aromatic rings. The molecule has 26 heavy (non-hydrogen) atoms. The van der Waals surface area contributed by atoms with Crippen molar-refractivity contribution in [3.63, 3.8) is 0 Å². The molecule has 0 saturated carbocycles. The number of ether oxygens (including phenoxy) is 1. The highest BCUT2D eigenvalue weighted by Gasteiger charge is 2.22. The second-order valence-corrected chi connectivity index (χ2v) is 6.72. The van der Waals surface area contributed by atoms with Gasteiger partial charge in [-0.2, -0.15) is 0 Å². The monoisotopic (exact) mass is 375 g/mol. The number of nitrogens with zero attached hydrogens (tertiary/aromatic N) is 3. The second-order valence-electron chi connectivity index (χ2n) is 6.28. The highest BCUT2D eigenvalue weighted by Crippen LogP contribution is 2.24. The Morgan fingerprint density at radius 3 is 2.62 bits per heavy atom. The summed E-state index contributed by atoms with van der Waals surface area (Å²) in [6.07, 6.45) is 1.64. The van der Waals surface area contributed by atoms with Gasteiger partial charge in [-0.05, 0) is 24.3 Å². The summed E-state index contributed by atoms with van der Waals surface area (Å²) < 4.78 is 6.83. The third kappa shape index (κ3) is 4.45. The van der Waals surface area contributed by atoms with Gasteiger partial charge in [-0.3, -0.25) is 14.5 Å². The fraction of sp³-hybridized carbons (Fsp3) is 0.368. The lowest BCUT2D eigenvalue weighted by Crippen LogP contribution is -2.49. The number of benzene rings is 1. The Hall–Kier alpha value is -2.31. The van der Waals surface area contributed by atoms with Crippen LogP contribution in [0, 0.1) is 0 Å². The van der Waals surface area contributed by atoms with Crippen molar-refractivity contribution < 1.29 is 9.53 Å². The fourth-order valence-electron chi connectivity index (χ4n) is 3.10. The van der Waals surface area contributed by atoms with Crippen LogP contribution in [0.5, 0.6) is 5.75 Å². The lowest BCUT2D eigenvalue weighted by Gasteiger charge is -2.35. The minimum Gasteiger partial charge on any atom is -0.496 e. The van der Waals surface area contributed by atoms with Crippen LogP contribution in [-0.4, -0.2) is 53.6 Å². The van der Waals surface area contributed by atoms with E-state index in [1.165, 1.54) is 10.6 Å². The summed E-state index contributed by atoms with van der Waals surface area (Å²) in [7, 11) is 1.65. The van der Waals surface area contributed by atoms with Gasteiger partial charge in [0.05, 0.1) is 7.11 Å². The molecule has 1 aliphatic rings. The van der Waals surface area contributed by atoms with E-state index < -0.39 is 0 Å². The zero-order valence-electron chi connectivity index (χ0n) is 14.7. The molecule has 2 heterocycles. The van der Waals surface area contributed by atoms with Crippen LogP contribution >= 0.6 is 11.6 Å². The van der Waals surface area contributed by atoms with Crippen molar-refractivity contribution in [1.29, 1.82) is 0 Å². The van der Waals surface area contributed by atoms with Crippen molar-refractivity contribution in [3.05, 3.63) is 63.5 Å². The number of methoxy groups -OCH3 is 1. The quantitative estimate of drug-likeness (QED) is 0.800. The fourth-order valence-corrected chi connectivity index (χ4v) is 3.30. The molecule has 3 rings (SSSR count). The van der Waals surface area contributed by atoms with E-state index in [0.29, 0.717) is 18.1 Å².